The number of amides is 1. The summed E-state index contributed by atoms with van der Waals surface area (Å²) in [4.78, 5) is 11.9. The lowest BCUT2D eigenvalue weighted by Crippen LogP contribution is -2.49. The maximum atomic E-state index is 11.9. The van der Waals surface area contributed by atoms with Crippen molar-refractivity contribution in [1.29, 1.82) is 0 Å². The first-order valence-corrected chi connectivity index (χ1v) is 8.09. The average Bonchev–Trinajstić information content (AvgIpc) is 2.41. The van der Waals surface area contributed by atoms with Gasteiger partial charge < -0.3 is 15.4 Å². The number of hydrogen-bond donors (Lipinski definition) is 2. The zero-order valence-electron chi connectivity index (χ0n) is 14.1. The molecule has 4 heteroatoms. The van der Waals surface area contributed by atoms with Gasteiger partial charge in [-0.2, -0.15) is 0 Å². The van der Waals surface area contributed by atoms with Crippen molar-refractivity contribution < 1.29 is 9.53 Å². The fourth-order valence-corrected chi connectivity index (χ4v) is 2.43. The van der Waals surface area contributed by atoms with Gasteiger partial charge in [0.05, 0.1) is 6.54 Å². The minimum Gasteiger partial charge on any atom is -0.492 e. The van der Waals surface area contributed by atoms with Gasteiger partial charge in [-0.1, -0.05) is 39.8 Å². The molecule has 1 unspecified atom stereocenters. The van der Waals surface area contributed by atoms with E-state index >= 15 is 0 Å². The summed E-state index contributed by atoms with van der Waals surface area (Å²) in [5.41, 5.74) is 1.44. The van der Waals surface area contributed by atoms with E-state index in [9.17, 15) is 4.79 Å². The van der Waals surface area contributed by atoms with E-state index in [4.69, 9.17) is 4.74 Å². The summed E-state index contributed by atoms with van der Waals surface area (Å²) in [5, 5.41) is 6.14. The molecule has 0 saturated carbocycles. The zero-order valence-corrected chi connectivity index (χ0v) is 14.1. The van der Waals surface area contributed by atoms with Crippen LogP contribution >= 0.6 is 0 Å². The fraction of sp³-hybridized carbons (Fsp3) is 0.611. The maximum absolute atomic E-state index is 11.9. The first kappa shape index (κ1) is 16.8. The van der Waals surface area contributed by atoms with Crippen LogP contribution in [0.2, 0.25) is 0 Å². The molecule has 1 aromatic rings. The molecule has 1 heterocycles. The Morgan fingerprint density at radius 2 is 1.95 bits per heavy atom. The zero-order chi connectivity index (χ0) is 16.2. The van der Waals surface area contributed by atoms with E-state index in [-0.39, 0.29) is 17.2 Å². The van der Waals surface area contributed by atoms with Gasteiger partial charge in [0.15, 0.2) is 0 Å². The standard InChI is InChI=1S/C18H28N2O2/c1-13(14-11-19-12-14)17(21)20-9-10-22-16-7-5-15(6-8-16)18(2,3)4/h5-8,13-14,19H,9-12H2,1-4H3,(H,20,21). The lowest BCUT2D eigenvalue weighted by molar-refractivity contribution is -0.126. The highest BCUT2D eigenvalue weighted by Gasteiger charge is 2.28. The molecule has 2 N–H and O–H groups in total. The molecular weight excluding hydrogens is 276 g/mol. The first-order chi connectivity index (χ1) is 10.4. The van der Waals surface area contributed by atoms with Gasteiger partial charge in [-0.3, -0.25) is 4.79 Å². The van der Waals surface area contributed by atoms with Gasteiger partial charge in [-0.15, -0.1) is 0 Å². The Morgan fingerprint density at radius 1 is 1.32 bits per heavy atom. The molecule has 0 radical (unpaired) electrons. The van der Waals surface area contributed by atoms with Gasteiger partial charge >= 0.3 is 0 Å². The van der Waals surface area contributed by atoms with Crippen molar-refractivity contribution >= 4 is 5.91 Å². The third kappa shape index (κ3) is 4.47. The Morgan fingerprint density at radius 3 is 2.45 bits per heavy atom. The summed E-state index contributed by atoms with van der Waals surface area (Å²) in [6, 6.07) is 8.18. The summed E-state index contributed by atoms with van der Waals surface area (Å²) < 4.78 is 5.68. The number of benzene rings is 1. The summed E-state index contributed by atoms with van der Waals surface area (Å²) in [5.74, 6) is 1.52. The highest BCUT2D eigenvalue weighted by Crippen LogP contribution is 2.24. The Kier molecular flexibility index (Phi) is 5.46. The molecule has 1 atom stereocenters. The molecule has 2 rings (SSSR count). The number of rotatable bonds is 6. The summed E-state index contributed by atoms with van der Waals surface area (Å²) in [6.07, 6.45) is 0. The van der Waals surface area contributed by atoms with E-state index in [2.05, 4.69) is 43.5 Å². The number of carbonyl (C=O) groups excluding carboxylic acids is 1. The van der Waals surface area contributed by atoms with Crippen LogP contribution in [0.4, 0.5) is 0 Å². The second kappa shape index (κ2) is 7.14. The number of nitrogens with one attached hydrogen (secondary N) is 2. The third-order valence-corrected chi connectivity index (χ3v) is 4.32. The third-order valence-electron chi connectivity index (χ3n) is 4.32. The molecule has 1 aromatic carbocycles. The van der Waals surface area contributed by atoms with E-state index in [1.807, 2.05) is 19.1 Å². The fourth-order valence-electron chi connectivity index (χ4n) is 2.43. The van der Waals surface area contributed by atoms with Crippen LogP contribution in [0.5, 0.6) is 5.75 Å². The van der Waals surface area contributed by atoms with Crippen LogP contribution < -0.4 is 15.4 Å². The van der Waals surface area contributed by atoms with Gasteiger partial charge in [-0.25, -0.2) is 0 Å². The lowest BCUT2D eigenvalue weighted by atomic mass is 9.87. The molecule has 22 heavy (non-hydrogen) atoms. The summed E-state index contributed by atoms with van der Waals surface area (Å²) >= 11 is 0. The minimum atomic E-state index is 0.0762. The molecule has 1 saturated heterocycles. The topological polar surface area (TPSA) is 50.4 Å². The van der Waals surface area contributed by atoms with E-state index in [0.29, 0.717) is 19.1 Å². The predicted octanol–water partition coefficient (Wildman–Crippen LogP) is 2.33. The van der Waals surface area contributed by atoms with Crippen LogP contribution in [0.15, 0.2) is 24.3 Å². The van der Waals surface area contributed by atoms with Gasteiger partial charge in [0.25, 0.3) is 0 Å². The molecular formula is C18H28N2O2. The Balaban J connectivity index is 1.69. The maximum Gasteiger partial charge on any atom is 0.223 e. The van der Waals surface area contributed by atoms with Crippen molar-refractivity contribution in [1.82, 2.24) is 10.6 Å². The lowest BCUT2D eigenvalue weighted by Gasteiger charge is -2.31. The summed E-state index contributed by atoms with van der Waals surface area (Å²) in [6.45, 7) is 11.5. The molecule has 1 aliphatic heterocycles. The molecule has 1 amide bonds. The van der Waals surface area contributed by atoms with Crippen LogP contribution in [0, 0.1) is 11.8 Å². The van der Waals surface area contributed by atoms with Crippen LogP contribution in [0.1, 0.15) is 33.3 Å². The Bertz CT molecular complexity index is 487. The molecule has 1 aliphatic rings. The Hall–Kier alpha value is -1.55. The van der Waals surface area contributed by atoms with Crippen molar-refractivity contribution in [2.75, 3.05) is 26.2 Å². The summed E-state index contributed by atoms with van der Waals surface area (Å²) in [7, 11) is 0. The normalized spacial score (nSPS) is 16.7. The van der Waals surface area contributed by atoms with Gasteiger partial charge in [-0.05, 0) is 42.1 Å². The van der Waals surface area contributed by atoms with Gasteiger partial charge in [0, 0.05) is 5.92 Å². The van der Waals surface area contributed by atoms with Crippen molar-refractivity contribution in [3.05, 3.63) is 29.8 Å². The highest BCUT2D eigenvalue weighted by molar-refractivity contribution is 5.78. The largest absolute Gasteiger partial charge is 0.492 e. The van der Waals surface area contributed by atoms with E-state index < -0.39 is 0 Å². The average molecular weight is 304 g/mol. The second-order valence-electron chi connectivity index (χ2n) is 7.12. The van der Waals surface area contributed by atoms with Crippen LogP contribution in [0.3, 0.4) is 0 Å². The second-order valence-corrected chi connectivity index (χ2v) is 7.12. The smallest absolute Gasteiger partial charge is 0.223 e. The van der Waals surface area contributed by atoms with Crippen LogP contribution in [-0.2, 0) is 10.2 Å². The molecule has 4 nitrogen and oxygen atoms in total. The monoisotopic (exact) mass is 304 g/mol. The van der Waals surface area contributed by atoms with Gasteiger partial charge in [0.2, 0.25) is 5.91 Å². The van der Waals surface area contributed by atoms with E-state index in [0.717, 1.165) is 18.8 Å². The quantitative estimate of drug-likeness (QED) is 0.793. The number of carbonyl (C=O) groups is 1. The SMILES string of the molecule is CC(C(=O)NCCOc1ccc(C(C)(C)C)cc1)C1CNC1. The van der Waals surface area contributed by atoms with Crippen molar-refractivity contribution in [3.63, 3.8) is 0 Å². The first-order valence-electron chi connectivity index (χ1n) is 8.09. The number of ether oxygens (including phenoxy) is 1. The van der Waals surface area contributed by atoms with Crippen molar-refractivity contribution in [3.8, 4) is 5.75 Å². The molecule has 0 spiro atoms. The highest BCUT2D eigenvalue weighted by atomic mass is 16.5. The van der Waals surface area contributed by atoms with E-state index in [1.54, 1.807) is 0 Å². The van der Waals surface area contributed by atoms with E-state index in [1.165, 1.54) is 5.56 Å². The molecule has 0 aliphatic carbocycles. The van der Waals surface area contributed by atoms with Gasteiger partial charge in [0.1, 0.15) is 12.4 Å². The number of hydrogen-bond acceptors (Lipinski definition) is 3. The van der Waals surface area contributed by atoms with Crippen molar-refractivity contribution in [2.24, 2.45) is 11.8 Å². The Labute approximate surface area is 133 Å². The van der Waals surface area contributed by atoms with Crippen molar-refractivity contribution in [2.45, 2.75) is 33.1 Å². The molecule has 0 aromatic heterocycles. The van der Waals surface area contributed by atoms with Crippen LogP contribution in [0.25, 0.3) is 0 Å². The molecule has 122 valence electrons. The predicted molar refractivity (Wildman–Crippen MR) is 89.2 cm³/mol. The minimum absolute atomic E-state index is 0.0762. The van der Waals surface area contributed by atoms with Crippen LogP contribution in [-0.4, -0.2) is 32.1 Å². The molecule has 1 fully saturated rings. The molecule has 0 bridgehead atoms.